The fourth-order valence-corrected chi connectivity index (χ4v) is 1.23. The Kier molecular flexibility index (Phi) is 3.28. The molecular formula is C12H17NO. The van der Waals surface area contributed by atoms with Crippen LogP contribution in [0.5, 0.6) is 0 Å². The molecule has 0 aromatic heterocycles. The Morgan fingerprint density at radius 3 is 2.36 bits per heavy atom. The van der Waals surface area contributed by atoms with Crippen LogP contribution in [0.25, 0.3) is 0 Å². The molecule has 0 spiro atoms. The third-order valence-corrected chi connectivity index (χ3v) is 2.19. The molecule has 0 aliphatic carbocycles. The van der Waals surface area contributed by atoms with Gasteiger partial charge in [0.25, 0.3) is 5.91 Å². The van der Waals surface area contributed by atoms with Gasteiger partial charge in [-0.15, -0.1) is 0 Å². The van der Waals surface area contributed by atoms with Gasteiger partial charge in [-0.05, 0) is 51.0 Å². The van der Waals surface area contributed by atoms with Crippen molar-refractivity contribution in [3.05, 3.63) is 34.9 Å². The maximum absolute atomic E-state index is 11.6. The second kappa shape index (κ2) is 4.27. The highest BCUT2D eigenvalue weighted by molar-refractivity contribution is 5.94. The van der Waals surface area contributed by atoms with Gasteiger partial charge in [0, 0.05) is 11.6 Å². The van der Waals surface area contributed by atoms with E-state index in [0.29, 0.717) is 0 Å². The van der Waals surface area contributed by atoms with Crippen molar-refractivity contribution in [2.75, 3.05) is 0 Å². The van der Waals surface area contributed by atoms with Crippen LogP contribution >= 0.6 is 0 Å². The monoisotopic (exact) mass is 191 g/mol. The first-order valence-electron chi connectivity index (χ1n) is 4.89. The zero-order chi connectivity index (χ0) is 10.7. The van der Waals surface area contributed by atoms with Crippen LogP contribution in [0.2, 0.25) is 0 Å². The molecule has 0 fully saturated rings. The van der Waals surface area contributed by atoms with E-state index in [-0.39, 0.29) is 11.9 Å². The fourth-order valence-electron chi connectivity index (χ4n) is 1.23. The molecule has 0 atom stereocenters. The Morgan fingerprint density at radius 1 is 1.21 bits per heavy atom. The van der Waals surface area contributed by atoms with Crippen LogP contribution < -0.4 is 5.32 Å². The predicted molar refractivity (Wildman–Crippen MR) is 58.5 cm³/mol. The highest BCUT2D eigenvalue weighted by Crippen LogP contribution is 2.09. The number of rotatable bonds is 2. The molecule has 1 aromatic carbocycles. The molecule has 14 heavy (non-hydrogen) atoms. The second-order valence-corrected chi connectivity index (χ2v) is 3.93. The molecule has 76 valence electrons. The molecule has 0 saturated carbocycles. The van der Waals surface area contributed by atoms with Gasteiger partial charge in [0.15, 0.2) is 0 Å². The zero-order valence-electron chi connectivity index (χ0n) is 9.22. The van der Waals surface area contributed by atoms with Crippen molar-refractivity contribution in [2.45, 2.75) is 33.7 Å². The molecule has 0 radical (unpaired) electrons. The van der Waals surface area contributed by atoms with Crippen molar-refractivity contribution in [3.63, 3.8) is 0 Å². The second-order valence-electron chi connectivity index (χ2n) is 3.93. The lowest BCUT2D eigenvalue weighted by Gasteiger charge is -2.09. The Labute approximate surface area is 85.3 Å². The van der Waals surface area contributed by atoms with E-state index in [9.17, 15) is 4.79 Å². The molecule has 2 nitrogen and oxygen atoms in total. The van der Waals surface area contributed by atoms with Gasteiger partial charge in [0.1, 0.15) is 0 Å². The molecule has 0 aliphatic heterocycles. The van der Waals surface area contributed by atoms with E-state index in [1.807, 2.05) is 45.9 Å². The maximum Gasteiger partial charge on any atom is 0.251 e. The Balaban J connectivity index is 2.86. The van der Waals surface area contributed by atoms with Crippen LogP contribution in [-0.4, -0.2) is 11.9 Å². The summed E-state index contributed by atoms with van der Waals surface area (Å²) in [6.07, 6.45) is 0. The van der Waals surface area contributed by atoms with Gasteiger partial charge in [0.05, 0.1) is 0 Å². The van der Waals surface area contributed by atoms with Gasteiger partial charge in [-0.2, -0.15) is 0 Å². The highest BCUT2D eigenvalue weighted by Gasteiger charge is 2.06. The molecular weight excluding hydrogens is 174 g/mol. The van der Waals surface area contributed by atoms with Crippen LogP contribution in [0.15, 0.2) is 18.2 Å². The smallest absolute Gasteiger partial charge is 0.251 e. The van der Waals surface area contributed by atoms with E-state index in [4.69, 9.17) is 0 Å². The molecule has 1 N–H and O–H groups in total. The van der Waals surface area contributed by atoms with Gasteiger partial charge >= 0.3 is 0 Å². The van der Waals surface area contributed by atoms with Crippen LogP contribution in [-0.2, 0) is 0 Å². The molecule has 1 rings (SSSR count). The van der Waals surface area contributed by atoms with Crippen molar-refractivity contribution in [2.24, 2.45) is 0 Å². The maximum atomic E-state index is 11.6. The first-order valence-corrected chi connectivity index (χ1v) is 4.89. The lowest BCUT2D eigenvalue weighted by atomic mass is 10.1. The Bertz CT molecular complexity index is 342. The summed E-state index contributed by atoms with van der Waals surface area (Å²) in [5.41, 5.74) is 3.11. The molecule has 2 heteroatoms. The SMILES string of the molecule is Cc1ccc(C(=O)NC(C)C)cc1C. The first-order chi connectivity index (χ1) is 6.50. The van der Waals surface area contributed by atoms with E-state index < -0.39 is 0 Å². The average Bonchev–Trinajstić information content (AvgIpc) is 2.08. The summed E-state index contributed by atoms with van der Waals surface area (Å²) >= 11 is 0. The highest BCUT2D eigenvalue weighted by atomic mass is 16.1. The molecule has 0 saturated heterocycles. The number of nitrogens with one attached hydrogen (secondary N) is 1. The van der Waals surface area contributed by atoms with Gasteiger partial charge in [-0.1, -0.05) is 6.07 Å². The number of amides is 1. The average molecular weight is 191 g/mol. The van der Waals surface area contributed by atoms with Crippen LogP contribution in [0.1, 0.15) is 35.3 Å². The predicted octanol–water partition coefficient (Wildman–Crippen LogP) is 2.44. The van der Waals surface area contributed by atoms with Crippen LogP contribution in [0, 0.1) is 13.8 Å². The van der Waals surface area contributed by atoms with E-state index >= 15 is 0 Å². The summed E-state index contributed by atoms with van der Waals surface area (Å²) < 4.78 is 0. The standard InChI is InChI=1S/C12H17NO/c1-8(2)13-12(14)11-6-5-9(3)10(4)7-11/h5-8H,1-4H3,(H,13,14). The largest absolute Gasteiger partial charge is 0.350 e. The molecule has 0 heterocycles. The Morgan fingerprint density at radius 2 is 1.86 bits per heavy atom. The summed E-state index contributed by atoms with van der Waals surface area (Å²) in [4.78, 5) is 11.6. The number of hydrogen-bond acceptors (Lipinski definition) is 1. The molecule has 0 bridgehead atoms. The lowest BCUT2D eigenvalue weighted by molar-refractivity contribution is 0.0943. The van der Waals surface area contributed by atoms with Gasteiger partial charge in [-0.3, -0.25) is 4.79 Å². The van der Waals surface area contributed by atoms with Crippen molar-refractivity contribution in [1.82, 2.24) is 5.32 Å². The third-order valence-electron chi connectivity index (χ3n) is 2.19. The van der Waals surface area contributed by atoms with Crippen LogP contribution in [0.3, 0.4) is 0 Å². The normalized spacial score (nSPS) is 10.4. The number of carbonyl (C=O) groups is 1. The minimum Gasteiger partial charge on any atom is -0.350 e. The fraction of sp³-hybridized carbons (Fsp3) is 0.417. The van der Waals surface area contributed by atoms with Crippen LogP contribution in [0.4, 0.5) is 0 Å². The summed E-state index contributed by atoms with van der Waals surface area (Å²) in [7, 11) is 0. The zero-order valence-corrected chi connectivity index (χ0v) is 9.22. The summed E-state index contributed by atoms with van der Waals surface area (Å²) in [6.45, 7) is 7.97. The lowest BCUT2D eigenvalue weighted by Crippen LogP contribution is -2.30. The topological polar surface area (TPSA) is 29.1 Å². The number of aryl methyl sites for hydroxylation is 2. The molecule has 0 aliphatic rings. The van der Waals surface area contributed by atoms with Gasteiger partial charge in [-0.25, -0.2) is 0 Å². The Hall–Kier alpha value is -1.31. The van der Waals surface area contributed by atoms with E-state index in [2.05, 4.69) is 5.32 Å². The summed E-state index contributed by atoms with van der Waals surface area (Å²) in [6, 6.07) is 5.95. The van der Waals surface area contributed by atoms with Crippen molar-refractivity contribution in [1.29, 1.82) is 0 Å². The minimum absolute atomic E-state index is 0.00287. The summed E-state index contributed by atoms with van der Waals surface area (Å²) in [5.74, 6) is 0.00287. The molecule has 0 unspecified atom stereocenters. The molecule has 1 aromatic rings. The summed E-state index contributed by atoms with van der Waals surface area (Å²) in [5, 5.41) is 2.87. The minimum atomic E-state index is 0.00287. The van der Waals surface area contributed by atoms with Gasteiger partial charge in [0.2, 0.25) is 0 Å². The molecule has 1 amide bonds. The van der Waals surface area contributed by atoms with Gasteiger partial charge < -0.3 is 5.32 Å². The number of carbonyl (C=O) groups excluding carboxylic acids is 1. The van der Waals surface area contributed by atoms with Crippen molar-refractivity contribution in [3.8, 4) is 0 Å². The quantitative estimate of drug-likeness (QED) is 0.764. The number of hydrogen-bond donors (Lipinski definition) is 1. The van der Waals surface area contributed by atoms with E-state index in [0.717, 1.165) is 11.1 Å². The van der Waals surface area contributed by atoms with Crippen molar-refractivity contribution < 1.29 is 4.79 Å². The third kappa shape index (κ3) is 2.59. The van der Waals surface area contributed by atoms with Crippen molar-refractivity contribution >= 4 is 5.91 Å². The number of benzene rings is 1. The first kappa shape index (κ1) is 10.8. The van der Waals surface area contributed by atoms with E-state index in [1.165, 1.54) is 5.56 Å². The van der Waals surface area contributed by atoms with E-state index in [1.54, 1.807) is 0 Å².